The molecule has 1 heterocycles. The zero-order valence-electron chi connectivity index (χ0n) is 7.59. The van der Waals surface area contributed by atoms with Crippen molar-refractivity contribution in [3.63, 3.8) is 0 Å². The second kappa shape index (κ2) is 3.45. The summed E-state index contributed by atoms with van der Waals surface area (Å²) in [6, 6.07) is 0. The van der Waals surface area contributed by atoms with Crippen LogP contribution in [0.1, 0.15) is 13.3 Å². The summed E-state index contributed by atoms with van der Waals surface area (Å²) in [5.41, 5.74) is -1.04. The van der Waals surface area contributed by atoms with E-state index in [2.05, 4.69) is 0 Å². The number of nitrogens with one attached hydrogen (secondary N) is 1. The first-order valence-electron chi connectivity index (χ1n) is 4.05. The largest absolute Gasteiger partial charge is 0.345 e. The Bertz CT molecular complexity index is 341. The topological polar surface area (TPSA) is 63.2 Å². The Morgan fingerprint density at radius 3 is 2.43 bits per heavy atom. The summed E-state index contributed by atoms with van der Waals surface area (Å²) in [4.78, 5) is 10.7. The van der Waals surface area contributed by atoms with Crippen molar-refractivity contribution in [2.45, 2.75) is 25.3 Å². The number of rotatable bonds is 2. The predicted molar refractivity (Wildman–Crippen MR) is 45.8 cm³/mol. The number of alkyl halides is 2. The fraction of sp³-hybridized carbons (Fsp3) is 0.857. The van der Waals surface area contributed by atoms with Crippen molar-refractivity contribution >= 4 is 15.7 Å². The number of hydrogen-bond acceptors (Lipinski definition) is 3. The molecule has 1 aliphatic heterocycles. The molecule has 0 aliphatic carbocycles. The standard InChI is InChI=1S/C7H11F2NO3S/c1-7(10-6(11)5(8)9)2-3-14(12,13)4-7/h5H,2-4H2,1H3,(H,10,11). The molecule has 82 valence electrons. The molecule has 1 fully saturated rings. The van der Waals surface area contributed by atoms with Gasteiger partial charge in [0.1, 0.15) is 0 Å². The van der Waals surface area contributed by atoms with Gasteiger partial charge >= 0.3 is 6.43 Å². The number of hydrogen-bond donors (Lipinski definition) is 1. The second-order valence-corrected chi connectivity index (χ2v) is 5.88. The average molecular weight is 227 g/mol. The summed E-state index contributed by atoms with van der Waals surface area (Å²) in [6.45, 7) is 1.46. The summed E-state index contributed by atoms with van der Waals surface area (Å²) in [5.74, 6) is -1.74. The number of carbonyl (C=O) groups excluding carboxylic acids is 1. The normalized spacial score (nSPS) is 30.6. The zero-order valence-corrected chi connectivity index (χ0v) is 8.40. The van der Waals surface area contributed by atoms with Crippen LogP contribution in [0.15, 0.2) is 0 Å². The minimum absolute atomic E-state index is 0.0625. The second-order valence-electron chi connectivity index (χ2n) is 3.69. The van der Waals surface area contributed by atoms with Gasteiger partial charge in [-0.1, -0.05) is 0 Å². The molecule has 1 aliphatic rings. The van der Waals surface area contributed by atoms with Crippen LogP contribution in [0.2, 0.25) is 0 Å². The molecule has 0 aromatic carbocycles. The molecule has 0 radical (unpaired) electrons. The lowest BCUT2D eigenvalue weighted by Gasteiger charge is -2.23. The van der Waals surface area contributed by atoms with Crippen molar-refractivity contribution in [1.29, 1.82) is 0 Å². The Balaban J connectivity index is 2.66. The number of carbonyl (C=O) groups is 1. The molecule has 7 heteroatoms. The first-order valence-corrected chi connectivity index (χ1v) is 5.87. The van der Waals surface area contributed by atoms with Gasteiger partial charge in [-0.25, -0.2) is 8.42 Å². The van der Waals surface area contributed by atoms with E-state index < -0.39 is 27.7 Å². The molecule has 1 rings (SSSR count). The van der Waals surface area contributed by atoms with Crippen molar-refractivity contribution in [3.8, 4) is 0 Å². The Kier molecular flexibility index (Phi) is 2.80. The number of sulfone groups is 1. The van der Waals surface area contributed by atoms with Gasteiger partial charge in [-0.3, -0.25) is 4.79 Å². The Morgan fingerprint density at radius 1 is 1.50 bits per heavy atom. The van der Waals surface area contributed by atoms with Crippen LogP contribution in [-0.4, -0.2) is 37.8 Å². The van der Waals surface area contributed by atoms with E-state index in [1.165, 1.54) is 6.92 Å². The van der Waals surface area contributed by atoms with Crippen molar-refractivity contribution in [1.82, 2.24) is 5.32 Å². The maximum absolute atomic E-state index is 11.9. The fourth-order valence-electron chi connectivity index (χ4n) is 1.46. The lowest BCUT2D eigenvalue weighted by atomic mass is 10.0. The third-order valence-corrected chi connectivity index (χ3v) is 4.03. The van der Waals surface area contributed by atoms with Crippen LogP contribution in [0.3, 0.4) is 0 Å². The highest BCUT2D eigenvalue weighted by atomic mass is 32.2. The van der Waals surface area contributed by atoms with E-state index in [-0.39, 0.29) is 17.9 Å². The zero-order chi connectivity index (χ0) is 11.0. The lowest BCUT2D eigenvalue weighted by Crippen LogP contribution is -2.49. The van der Waals surface area contributed by atoms with Gasteiger partial charge in [-0.05, 0) is 13.3 Å². The van der Waals surface area contributed by atoms with E-state index in [0.717, 1.165) is 0 Å². The molecule has 0 aromatic rings. The number of amides is 1. The van der Waals surface area contributed by atoms with Crippen LogP contribution in [-0.2, 0) is 14.6 Å². The van der Waals surface area contributed by atoms with E-state index in [1.807, 2.05) is 5.32 Å². The quantitative estimate of drug-likeness (QED) is 0.719. The maximum Gasteiger partial charge on any atom is 0.315 e. The van der Waals surface area contributed by atoms with Crippen molar-refractivity contribution in [2.75, 3.05) is 11.5 Å². The van der Waals surface area contributed by atoms with Crippen LogP contribution < -0.4 is 5.32 Å². The molecule has 0 spiro atoms. The first kappa shape index (κ1) is 11.4. The predicted octanol–water partition coefficient (Wildman–Crippen LogP) is -0.0551. The van der Waals surface area contributed by atoms with Gasteiger partial charge in [-0.2, -0.15) is 8.78 Å². The molecule has 14 heavy (non-hydrogen) atoms. The van der Waals surface area contributed by atoms with E-state index in [1.54, 1.807) is 0 Å². The van der Waals surface area contributed by atoms with Crippen LogP contribution in [0.25, 0.3) is 0 Å². The van der Waals surface area contributed by atoms with E-state index in [9.17, 15) is 22.0 Å². The Labute approximate surface area is 80.6 Å². The molecule has 1 unspecified atom stereocenters. The fourth-order valence-corrected chi connectivity index (χ4v) is 3.55. The van der Waals surface area contributed by atoms with Gasteiger partial charge < -0.3 is 5.32 Å². The summed E-state index contributed by atoms with van der Waals surface area (Å²) < 4.78 is 45.9. The third kappa shape index (κ3) is 2.63. The molecule has 1 atom stereocenters. The van der Waals surface area contributed by atoms with Crippen LogP contribution in [0.5, 0.6) is 0 Å². The molecule has 0 bridgehead atoms. The molecule has 4 nitrogen and oxygen atoms in total. The molecule has 1 amide bonds. The molecule has 0 saturated carbocycles. The van der Waals surface area contributed by atoms with Gasteiger partial charge in [0.15, 0.2) is 9.84 Å². The molecule has 1 saturated heterocycles. The molecule has 1 N–H and O–H groups in total. The third-order valence-electron chi connectivity index (χ3n) is 2.13. The lowest BCUT2D eigenvalue weighted by molar-refractivity contribution is -0.133. The van der Waals surface area contributed by atoms with E-state index in [4.69, 9.17) is 0 Å². The van der Waals surface area contributed by atoms with Gasteiger partial charge in [0.25, 0.3) is 5.91 Å². The summed E-state index contributed by atoms with van der Waals surface area (Å²) in [5, 5.41) is 2.04. The van der Waals surface area contributed by atoms with Crippen LogP contribution >= 0.6 is 0 Å². The van der Waals surface area contributed by atoms with Gasteiger partial charge in [-0.15, -0.1) is 0 Å². The Hall–Kier alpha value is -0.720. The number of halogens is 2. The smallest absolute Gasteiger partial charge is 0.315 e. The van der Waals surface area contributed by atoms with Crippen molar-refractivity contribution in [2.24, 2.45) is 0 Å². The minimum Gasteiger partial charge on any atom is -0.345 e. The summed E-state index contributed by atoms with van der Waals surface area (Å²) >= 11 is 0. The SMILES string of the molecule is CC1(NC(=O)C(F)F)CCS(=O)(=O)C1. The first-order chi connectivity index (χ1) is 6.24. The molecular formula is C7H11F2NO3S. The van der Waals surface area contributed by atoms with Gasteiger partial charge in [0.05, 0.1) is 17.0 Å². The maximum atomic E-state index is 11.9. The van der Waals surface area contributed by atoms with Gasteiger partial charge in [0, 0.05) is 0 Å². The highest BCUT2D eigenvalue weighted by Crippen LogP contribution is 2.22. The van der Waals surface area contributed by atoms with E-state index in [0.29, 0.717) is 0 Å². The molecular weight excluding hydrogens is 216 g/mol. The highest BCUT2D eigenvalue weighted by molar-refractivity contribution is 7.91. The van der Waals surface area contributed by atoms with Crippen molar-refractivity contribution in [3.05, 3.63) is 0 Å². The average Bonchev–Trinajstić information content (AvgIpc) is 2.25. The summed E-state index contributed by atoms with van der Waals surface area (Å²) in [7, 11) is -3.18. The molecule has 0 aromatic heterocycles. The summed E-state index contributed by atoms with van der Waals surface area (Å²) in [6.07, 6.45) is -2.91. The van der Waals surface area contributed by atoms with Gasteiger partial charge in [0.2, 0.25) is 0 Å². The van der Waals surface area contributed by atoms with Crippen LogP contribution in [0.4, 0.5) is 8.78 Å². The monoisotopic (exact) mass is 227 g/mol. The minimum atomic E-state index is -3.18. The van der Waals surface area contributed by atoms with Crippen molar-refractivity contribution < 1.29 is 22.0 Å². The van der Waals surface area contributed by atoms with E-state index >= 15 is 0 Å². The van der Waals surface area contributed by atoms with Crippen LogP contribution in [0, 0.1) is 0 Å². The Morgan fingerprint density at radius 2 is 2.07 bits per heavy atom. The highest BCUT2D eigenvalue weighted by Gasteiger charge is 2.40.